The number of para-hydroxylation sites is 5. The molecule has 0 bridgehead atoms. The van der Waals surface area contributed by atoms with Crippen LogP contribution in [0.5, 0.6) is 5.88 Å². The summed E-state index contributed by atoms with van der Waals surface area (Å²) in [5, 5.41) is 22.0. The molecule has 13 nitrogen and oxygen atoms in total. The van der Waals surface area contributed by atoms with E-state index in [0.717, 1.165) is 79.8 Å². The Hall–Kier alpha value is -6.63. The fourth-order valence-corrected chi connectivity index (χ4v) is 10.0. The van der Waals surface area contributed by atoms with Gasteiger partial charge in [0.2, 0.25) is 5.88 Å². The Labute approximate surface area is 586 Å². The fraction of sp³-hybridized carbons (Fsp3) is 0.200. The zero-order chi connectivity index (χ0) is 57.9. The zero-order valence-electron chi connectivity index (χ0n) is 50.2. The molecule has 0 saturated heterocycles. The van der Waals surface area contributed by atoms with Crippen molar-refractivity contribution in [3.63, 3.8) is 0 Å². The molecule has 1 aliphatic carbocycles. The number of anilines is 1. The Morgan fingerprint density at radius 2 is 0.864 bits per heavy atom. The number of pyridine rings is 1. The normalized spacial score (nSPS) is 11.1. The molecular formula is C70H69Ir5N12O-5. The summed E-state index contributed by atoms with van der Waals surface area (Å²) in [5.74, 6) is 2.57. The summed E-state index contributed by atoms with van der Waals surface area (Å²) in [4.78, 5) is 6.41. The van der Waals surface area contributed by atoms with Crippen molar-refractivity contribution in [3.05, 3.63) is 271 Å². The molecule has 1 saturated carbocycles. The van der Waals surface area contributed by atoms with Crippen molar-refractivity contribution in [1.82, 2.24) is 53.9 Å². The SMILES string of the molecule is COc1c(C)cnn1-c1[c-]cccc1.Cc1c(-c2ccccn2)cnn1-c1[c-]cccc1.Cc1c(C2CCCCC2)cnn1-c1[c-]cccc1.Cc1cnn(-c2[c-]cccc2)c1-c1ccccc1.Cc1cnn(-c2[c-]cccc2)c1N(C)C.[Ir].[Ir].[Ir].[Ir].[Ir]. The van der Waals surface area contributed by atoms with E-state index in [0.29, 0.717) is 0 Å². The van der Waals surface area contributed by atoms with E-state index in [2.05, 4.69) is 111 Å². The van der Waals surface area contributed by atoms with Crippen LogP contribution in [0.15, 0.2) is 207 Å². The molecule has 0 unspecified atom stereocenters. The quantitative estimate of drug-likeness (QED) is 0.124. The Morgan fingerprint density at radius 1 is 0.432 bits per heavy atom. The van der Waals surface area contributed by atoms with E-state index in [1.165, 1.54) is 54.5 Å². The molecule has 13 rings (SSSR count). The van der Waals surface area contributed by atoms with E-state index in [1.807, 2.05) is 217 Å². The number of nitrogens with zero attached hydrogens (tertiary/aromatic N) is 12. The molecule has 0 spiro atoms. The van der Waals surface area contributed by atoms with E-state index in [4.69, 9.17) is 4.74 Å². The van der Waals surface area contributed by atoms with Crippen LogP contribution in [0.25, 0.3) is 51.0 Å². The first-order valence-electron chi connectivity index (χ1n) is 27.9. The molecule has 18 heteroatoms. The minimum Gasteiger partial charge on any atom is -0.481 e. The number of aromatic nitrogens is 11. The first kappa shape index (κ1) is 73.8. The molecule has 5 radical (unpaired) electrons. The van der Waals surface area contributed by atoms with Crippen LogP contribution in [0.1, 0.15) is 71.7 Å². The third kappa shape index (κ3) is 19.0. The summed E-state index contributed by atoms with van der Waals surface area (Å²) < 4.78 is 14.7. The molecule has 0 amide bonds. The van der Waals surface area contributed by atoms with Crippen molar-refractivity contribution < 1.29 is 105 Å². The number of benzene rings is 6. The molecule has 6 heterocycles. The minimum absolute atomic E-state index is 0. The summed E-state index contributed by atoms with van der Waals surface area (Å²) >= 11 is 0. The standard InChI is InChI=1S/C16H19N2.C16H13N2.C15H12N3.C12H14N3.C11H11N2O.5Ir/c1-13-16(14-8-4-2-5-9-14)12-17-18(13)15-10-6-3-7-11-15;1-13-12-17-18(15-10-6-3-7-11-15)16(13)14-8-4-2-5-9-14;1-12-14(15-9-5-6-10-16-15)11-17-18(12)13-7-3-2-4-8-13;1-10-9-13-15(12(10)14(2)3)11-7-5-4-6-8-11;1-9-8-12-13(11(9)14-2)10-6-4-3-5-7-10;;;;;/h3,6-7,10,12,14H,2,4-5,8-9H2,1H3;2-10,12H,1H3;2-7,9-11H,1H3;4-7,9H,1-3H3;3-6,8H,1-2H3;;;;;/q5*-1;;;;;. The molecule has 12 aromatic rings. The van der Waals surface area contributed by atoms with Gasteiger partial charge >= 0.3 is 0 Å². The van der Waals surface area contributed by atoms with Crippen LogP contribution in [0.2, 0.25) is 0 Å². The summed E-state index contributed by atoms with van der Waals surface area (Å²) in [5.41, 5.74) is 16.2. The van der Waals surface area contributed by atoms with Gasteiger partial charge in [-0.15, -0.1) is 30.3 Å². The minimum atomic E-state index is 0. The smallest absolute Gasteiger partial charge is 0.217 e. The molecule has 1 fully saturated rings. The number of ether oxygens (including phenoxy) is 1. The molecular weight excluding hydrogens is 1990 g/mol. The van der Waals surface area contributed by atoms with Gasteiger partial charge in [-0.2, -0.15) is 147 Å². The Kier molecular flexibility index (Phi) is 31.4. The van der Waals surface area contributed by atoms with Gasteiger partial charge < -0.3 is 9.64 Å². The van der Waals surface area contributed by atoms with Gasteiger partial charge in [0.15, 0.2) is 0 Å². The van der Waals surface area contributed by atoms with Crippen molar-refractivity contribution >= 4 is 5.82 Å². The van der Waals surface area contributed by atoms with Gasteiger partial charge in [-0.25, -0.2) is 9.36 Å². The second-order valence-electron chi connectivity index (χ2n) is 20.1. The molecule has 465 valence electrons. The molecule has 6 aromatic heterocycles. The van der Waals surface area contributed by atoms with Crippen molar-refractivity contribution in [2.24, 2.45) is 0 Å². The summed E-state index contributed by atoms with van der Waals surface area (Å²) in [6.07, 6.45) is 18.0. The number of hydrogen-bond donors (Lipinski definition) is 0. The predicted molar refractivity (Wildman–Crippen MR) is 331 cm³/mol. The topological polar surface area (TPSA) is 114 Å². The fourth-order valence-electron chi connectivity index (χ4n) is 10.0. The predicted octanol–water partition coefficient (Wildman–Crippen LogP) is 14.7. The summed E-state index contributed by atoms with van der Waals surface area (Å²) in [6, 6.07) is 71.3. The van der Waals surface area contributed by atoms with Gasteiger partial charge in [-0.3, -0.25) is 19.0 Å². The van der Waals surface area contributed by atoms with E-state index < -0.39 is 0 Å². The van der Waals surface area contributed by atoms with Crippen LogP contribution < -0.4 is 9.64 Å². The molecule has 0 atom stereocenters. The third-order valence-corrected chi connectivity index (χ3v) is 14.1. The second-order valence-corrected chi connectivity index (χ2v) is 20.1. The van der Waals surface area contributed by atoms with Gasteiger partial charge in [0, 0.05) is 154 Å². The third-order valence-electron chi connectivity index (χ3n) is 14.1. The number of rotatable bonds is 10. The maximum atomic E-state index is 5.25. The van der Waals surface area contributed by atoms with Crippen LogP contribution >= 0.6 is 0 Å². The number of aryl methyl sites for hydroxylation is 3. The number of methoxy groups -OCH3 is 1. The molecule has 88 heavy (non-hydrogen) atoms. The van der Waals surface area contributed by atoms with Crippen LogP contribution in [-0.4, -0.2) is 75.1 Å². The molecule has 0 N–H and O–H groups in total. The maximum absolute atomic E-state index is 5.25. The average molecular weight is 2060 g/mol. The van der Waals surface area contributed by atoms with Gasteiger partial charge in [0.05, 0.1) is 49.5 Å². The van der Waals surface area contributed by atoms with Crippen molar-refractivity contribution in [2.75, 3.05) is 26.1 Å². The van der Waals surface area contributed by atoms with Crippen molar-refractivity contribution in [1.29, 1.82) is 0 Å². The van der Waals surface area contributed by atoms with Crippen LogP contribution in [-0.2, 0) is 101 Å². The molecule has 0 aliphatic heterocycles. The first-order chi connectivity index (χ1) is 40.6. The van der Waals surface area contributed by atoms with Crippen molar-refractivity contribution in [3.8, 4) is 56.8 Å². The number of hydrogen-bond acceptors (Lipinski definition) is 8. The Morgan fingerprint density at radius 3 is 1.36 bits per heavy atom. The van der Waals surface area contributed by atoms with E-state index in [9.17, 15) is 0 Å². The zero-order valence-corrected chi connectivity index (χ0v) is 62.2. The average Bonchev–Trinajstić information content (AvgIpc) is 4.52. The summed E-state index contributed by atoms with van der Waals surface area (Å²) in [7, 11) is 5.68. The van der Waals surface area contributed by atoms with E-state index in [-0.39, 0.29) is 101 Å². The van der Waals surface area contributed by atoms with Gasteiger partial charge in [0.1, 0.15) is 5.82 Å². The van der Waals surface area contributed by atoms with E-state index >= 15 is 0 Å². The summed E-state index contributed by atoms with van der Waals surface area (Å²) in [6.45, 7) is 10.3. The van der Waals surface area contributed by atoms with Gasteiger partial charge in [0.25, 0.3) is 0 Å². The largest absolute Gasteiger partial charge is 0.481 e. The Balaban J connectivity index is 0.000000233. The molecule has 6 aromatic carbocycles. The van der Waals surface area contributed by atoms with E-state index in [1.54, 1.807) is 24.2 Å². The van der Waals surface area contributed by atoms with Crippen LogP contribution in [0.4, 0.5) is 5.82 Å². The maximum Gasteiger partial charge on any atom is 0.217 e. The monoisotopic (exact) mass is 2060 g/mol. The Bertz CT molecular complexity index is 3800. The van der Waals surface area contributed by atoms with Crippen LogP contribution in [0, 0.1) is 65.0 Å². The van der Waals surface area contributed by atoms with Crippen LogP contribution in [0.3, 0.4) is 0 Å². The molecule has 1 aliphatic rings. The second kappa shape index (κ2) is 37.4. The first-order valence-corrected chi connectivity index (χ1v) is 27.9. The van der Waals surface area contributed by atoms with Crippen molar-refractivity contribution in [2.45, 2.75) is 72.6 Å². The van der Waals surface area contributed by atoms with Gasteiger partial charge in [-0.05, 0) is 105 Å². The van der Waals surface area contributed by atoms with Gasteiger partial charge in [-0.1, -0.05) is 55.7 Å².